The van der Waals surface area contributed by atoms with E-state index >= 15 is 0 Å². The zero-order valence-corrected chi connectivity index (χ0v) is 11.5. The molecule has 0 fully saturated rings. The van der Waals surface area contributed by atoms with Gasteiger partial charge in [-0.2, -0.15) is 13.2 Å². The lowest BCUT2D eigenvalue weighted by atomic mass is 9.92. The number of amides is 1. The zero-order valence-electron chi connectivity index (χ0n) is 11.5. The Kier molecular flexibility index (Phi) is 5.56. The highest BCUT2D eigenvalue weighted by Crippen LogP contribution is 2.24. The Morgan fingerprint density at radius 1 is 1.25 bits per heavy atom. The lowest BCUT2D eigenvalue weighted by molar-refractivity contribution is -0.145. The third kappa shape index (κ3) is 5.21. The second-order valence-corrected chi connectivity index (χ2v) is 4.79. The van der Waals surface area contributed by atoms with E-state index in [1.807, 2.05) is 6.07 Å². The van der Waals surface area contributed by atoms with Gasteiger partial charge < -0.3 is 10.1 Å². The highest BCUT2D eigenvalue weighted by Gasteiger charge is 2.32. The normalized spacial score (nSPS) is 14.7. The summed E-state index contributed by atoms with van der Waals surface area (Å²) < 4.78 is 41.4. The highest BCUT2D eigenvalue weighted by atomic mass is 19.4. The van der Waals surface area contributed by atoms with Crippen LogP contribution in [0.25, 0.3) is 0 Å². The number of alkyl halides is 3. The van der Waals surface area contributed by atoms with Crippen LogP contribution in [0.1, 0.15) is 25.3 Å². The lowest BCUT2D eigenvalue weighted by Gasteiger charge is -2.31. The summed E-state index contributed by atoms with van der Waals surface area (Å²) in [6.07, 6.45) is -6.05. The molecule has 20 heavy (non-hydrogen) atoms. The number of halogens is 3. The molecule has 0 saturated heterocycles. The van der Waals surface area contributed by atoms with Crippen molar-refractivity contribution < 1.29 is 22.7 Å². The van der Waals surface area contributed by atoms with Crippen LogP contribution < -0.4 is 5.32 Å². The number of rotatable bonds is 6. The van der Waals surface area contributed by atoms with E-state index in [-0.39, 0.29) is 6.61 Å². The van der Waals surface area contributed by atoms with Gasteiger partial charge >= 0.3 is 6.18 Å². The molecule has 3 nitrogen and oxygen atoms in total. The molecule has 1 aromatic rings. The van der Waals surface area contributed by atoms with Crippen molar-refractivity contribution in [3.8, 4) is 0 Å². The fourth-order valence-electron chi connectivity index (χ4n) is 1.91. The van der Waals surface area contributed by atoms with Gasteiger partial charge in [0.2, 0.25) is 5.91 Å². The quantitative estimate of drug-likeness (QED) is 0.874. The first-order valence-electron chi connectivity index (χ1n) is 6.19. The summed E-state index contributed by atoms with van der Waals surface area (Å²) >= 11 is 0. The Bertz CT molecular complexity index is 434. The van der Waals surface area contributed by atoms with E-state index in [1.54, 1.807) is 31.2 Å². The van der Waals surface area contributed by atoms with Crippen LogP contribution >= 0.6 is 0 Å². The van der Waals surface area contributed by atoms with Crippen LogP contribution in [0.2, 0.25) is 0 Å². The summed E-state index contributed by atoms with van der Waals surface area (Å²) in [6, 6.07) is 9.00. The second-order valence-electron chi connectivity index (χ2n) is 4.79. The van der Waals surface area contributed by atoms with Gasteiger partial charge in [-0.25, -0.2) is 0 Å². The molecule has 0 aliphatic heterocycles. The maximum Gasteiger partial charge on any atom is 0.389 e. The Morgan fingerprint density at radius 2 is 1.85 bits per heavy atom. The van der Waals surface area contributed by atoms with Gasteiger partial charge in [-0.3, -0.25) is 4.79 Å². The van der Waals surface area contributed by atoms with E-state index in [0.717, 1.165) is 5.56 Å². The number of carbonyl (C=O) groups excluding carboxylic acids is 1. The standard InChI is InChI=1S/C14H18F3NO2/c1-13(10-20-2,11-6-4-3-5-7-11)18-12(19)8-9-14(15,16)17/h3-7H,8-10H2,1-2H3,(H,18,19)/t13-/m0/s1. The molecule has 1 aromatic carbocycles. The molecule has 0 aliphatic rings. The maximum absolute atomic E-state index is 12.1. The molecule has 1 atom stereocenters. The van der Waals surface area contributed by atoms with Gasteiger partial charge in [0.1, 0.15) is 0 Å². The van der Waals surface area contributed by atoms with E-state index < -0.39 is 30.5 Å². The molecule has 1 N–H and O–H groups in total. The predicted octanol–water partition coefficient (Wildman–Crippen LogP) is 3.01. The number of methoxy groups -OCH3 is 1. The van der Waals surface area contributed by atoms with Crippen LogP contribution in [-0.4, -0.2) is 25.8 Å². The molecule has 0 aliphatic carbocycles. The summed E-state index contributed by atoms with van der Waals surface area (Å²) in [6.45, 7) is 1.89. The van der Waals surface area contributed by atoms with Crippen molar-refractivity contribution in [2.24, 2.45) is 0 Å². The van der Waals surface area contributed by atoms with Crippen LogP contribution in [0.5, 0.6) is 0 Å². The summed E-state index contributed by atoms with van der Waals surface area (Å²) in [7, 11) is 1.48. The molecular weight excluding hydrogens is 271 g/mol. The topological polar surface area (TPSA) is 38.3 Å². The molecule has 1 rings (SSSR count). The zero-order chi connectivity index (χ0) is 15.2. The van der Waals surface area contributed by atoms with E-state index in [1.165, 1.54) is 7.11 Å². The number of hydrogen-bond acceptors (Lipinski definition) is 2. The minimum absolute atomic E-state index is 0.175. The van der Waals surface area contributed by atoms with E-state index in [2.05, 4.69) is 5.32 Å². The Labute approximate surface area is 116 Å². The number of ether oxygens (including phenoxy) is 1. The first kappa shape index (κ1) is 16.5. The third-order valence-corrected chi connectivity index (χ3v) is 2.89. The average Bonchev–Trinajstić information content (AvgIpc) is 2.37. The molecule has 0 spiro atoms. The molecule has 0 heterocycles. The Hall–Kier alpha value is -1.56. The van der Waals surface area contributed by atoms with Gasteiger partial charge in [0, 0.05) is 13.5 Å². The summed E-state index contributed by atoms with van der Waals surface area (Å²) in [5.41, 5.74) is -0.0687. The highest BCUT2D eigenvalue weighted by molar-refractivity contribution is 5.77. The van der Waals surface area contributed by atoms with Gasteiger partial charge in [0.05, 0.1) is 18.6 Å². The van der Waals surface area contributed by atoms with Crippen molar-refractivity contribution in [2.45, 2.75) is 31.5 Å². The minimum atomic E-state index is -4.33. The molecule has 6 heteroatoms. The first-order valence-corrected chi connectivity index (χ1v) is 6.19. The molecule has 112 valence electrons. The SMILES string of the molecule is COC[C@](C)(NC(=O)CCC(F)(F)F)c1ccccc1. The number of benzene rings is 1. The fraction of sp³-hybridized carbons (Fsp3) is 0.500. The second kappa shape index (κ2) is 6.74. The van der Waals surface area contributed by atoms with Crippen molar-refractivity contribution >= 4 is 5.91 Å². The third-order valence-electron chi connectivity index (χ3n) is 2.89. The van der Waals surface area contributed by atoms with Crippen LogP contribution in [-0.2, 0) is 15.1 Å². The monoisotopic (exact) mass is 289 g/mol. The molecule has 0 unspecified atom stereocenters. The van der Waals surface area contributed by atoms with Crippen molar-refractivity contribution in [1.29, 1.82) is 0 Å². The maximum atomic E-state index is 12.1. The summed E-state index contributed by atoms with van der Waals surface area (Å²) in [4.78, 5) is 11.7. The average molecular weight is 289 g/mol. The molecular formula is C14H18F3NO2. The van der Waals surface area contributed by atoms with Crippen molar-refractivity contribution in [1.82, 2.24) is 5.32 Å². The molecule has 0 radical (unpaired) electrons. The van der Waals surface area contributed by atoms with Crippen molar-refractivity contribution in [3.05, 3.63) is 35.9 Å². The van der Waals surface area contributed by atoms with Gasteiger partial charge in [-0.05, 0) is 12.5 Å². The Morgan fingerprint density at radius 3 is 2.35 bits per heavy atom. The van der Waals surface area contributed by atoms with Gasteiger partial charge in [0.15, 0.2) is 0 Å². The molecule has 0 saturated carbocycles. The van der Waals surface area contributed by atoms with Crippen LogP contribution in [0.15, 0.2) is 30.3 Å². The van der Waals surface area contributed by atoms with Crippen LogP contribution in [0.3, 0.4) is 0 Å². The molecule has 0 bridgehead atoms. The Balaban J connectivity index is 2.75. The fourth-order valence-corrected chi connectivity index (χ4v) is 1.91. The van der Waals surface area contributed by atoms with Crippen molar-refractivity contribution in [2.75, 3.05) is 13.7 Å². The number of carbonyl (C=O) groups is 1. The smallest absolute Gasteiger partial charge is 0.382 e. The van der Waals surface area contributed by atoms with Gasteiger partial charge in [0.25, 0.3) is 0 Å². The van der Waals surface area contributed by atoms with Crippen LogP contribution in [0.4, 0.5) is 13.2 Å². The predicted molar refractivity (Wildman–Crippen MR) is 69.1 cm³/mol. The number of nitrogens with one attached hydrogen (secondary N) is 1. The molecule has 1 amide bonds. The summed E-state index contributed by atoms with van der Waals surface area (Å²) in [5, 5.41) is 2.62. The van der Waals surface area contributed by atoms with E-state index in [4.69, 9.17) is 4.74 Å². The first-order chi connectivity index (χ1) is 9.27. The van der Waals surface area contributed by atoms with E-state index in [0.29, 0.717) is 0 Å². The number of hydrogen-bond donors (Lipinski definition) is 1. The van der Waals surface area contributed by atoms with Gasteiger partial charge in [-0.15, -0.1) is 0 Å². The summed E-state index contributed by atoms with van der Waals surface area (Å²) in [5.74, 6) is -0.647. The van der Waals surface area contributed by atoms with Crippen molar-refractivity contribution in [3.63, 3.8) is 0 Å². The largest absolute Gasteiger partial charge is 0.389 e. The van der Waals surface area contributed by atoms with E-state index in [9.17, 15) is 18.0 Å². The minimum Gasteiger partial charge on any atom is -0.382 e. The van der Waals surface area contributed by atoms with Gasteiger partial charge in [-0.1, -0.05) is 30.3 Å². The lowest BCUT2D eigenvalue weighted by Crippen LogP contribution is -2.47. The van der Waals surface area contributed by atoms with Crippen LogP contribution in [0, 0.1) is 0 Å². The molecule has 0 aromatic heterocycles.